The lowest BCUT2D eigenvalue weighted by molar-refractivity contribution is -0.123. The van der Waals surface area contributed by atoms with Crippen LogP contribution >= 0.6 is 11.8 Å². The third-order valence-corrected chi connectivity index (χ3v) is 4.58. The number of hydrogen-bond donors (Lipinski definition) is 1. The Morgan fingerprint density at radius 1 is 1.27 bits per heavy atom. The smallest absolute Gasteiger partial charge is 0.258 e. The van der Waals surface area contributed by atoms with Crippen LogP contribution in [0.15, 0.2) is 53.4 Å². The highest BCUT2D eigenvalue weighted by Gasteiger charge is 2.21. The summed E-state index contributed by atoms with van der Waals surface area (Å²) >= 11 is 1.81. The van der Waals surface area contributed by atoms with Crippen molar-refractivity contribution in [2.45, 2.75) is 17.4 Å². The van der Waals surface area contributed by atoms with Crippen LogP contribution < -0.4 is 10.1 Å². The number of benzene rings is 2. The lowest BCUT2D eigenvalue weighted by atomic mass is 10.0. The second-order valence-electron chi connectivity index (χ2n) is 5.04. The minimum absolute atomic E-state index is 0.0149. The van der Waals surface area contributed by atoms with Crippen molar-refractivity contribution in [3.63, 3.8) is 0 Å². The molecule has 0 radical (unpaired) electrons. The molecular formula is C17H16FNO2S. The summed E-state index contributed by atoms with van der Waals surface area (Å²) in [6, 6.07) is 13.9. The molecule has 3 rings (SSSR count). The Morgan fingerprint density at radius 2 is 2.14 bits per heavy atom. The van der Waals surface area contributed by atoms with Gasteiger partial charge >= 0.3 is 0 Å². The molecule has 3 nitrogen and oxygen atoms in total. The third kappa shape index (κ3) is 3.60. The molecule has 2 aromatic carbocycles. The summed E-state index contributed by atoms with van der Waals surface area (Å²) in [7, 11) is 0. The normalized spacial score (nSPS) is 16.7. The van der Waals surface area contributed by atoms with Gasteiger partial charge in [-0.15, -0.1) is 11.8 Å². The zero-order chi connectivity index (χ0) is 15.4. The molecule has 1 heterocycles. The van der Waals surface area contributed by atoms with Crippen molar-refractivity contribution in [1.82, 2.24) is 5.32 Å². The molecule has 1 aliphatic rings. The first-order chi connectivity index (χ1) is 10.7. The fraction of sp³-hybridized carbons (Fsp3) is 0.235. The Morgan fingerprint density at radius 3 is 3.00 bits per heavy atom. The molecule has 1 amide bonds. The molecule has 5 heteroatoms. The topological polar surface area (TPSA) is 38.3 Å². The van der Waals surface area contributed by atoms with Gasteiger partial charge in [-0.1, -0.05) is 24.3 Å². The number of thioether (sulfide) groups is 1. The highest BCUT2D eigenvalue weighted by molar-refractivity contribution is 7.99. The summed E-state index contributed by atoms with van der Waals surface area (Å²) in [6.07, 6.45) is 0.896. The van der Waals surface area contributed by atoms with Crippen LogP contribution in [0.2, 0.25) is 0 Å². The number of rotatable bonds is 4. The molecule has 0 aliphatic carbocycles. The van der Waals surface area contributed by atoms with E-state index in [-0.39, 0.29) is 24.4 Å². The van der Waals surface area contributed by atoms with Crippen LogP contribution in [-0.4, -0.2) is 18.3 Å². The van der Waals surface area contributed by atoms with Gasteiger partial charge in [0.2, 0.25) is 0 Å². The molecule has 0 saturated heterocycles. The number of ether oxygens (including phenoxy) is 1. The maximum absolute atomic E-state index is 13.0. The summed E-state index contributed by atoms with van der Waals surface area (Å²) in [5, 5.41) is 2.99. The Balaban J connectivity index is 1.59. The quantitative estimate of drug-likeness (QED) is 0.937. The molecular weight excluding hydrogens is 301 g/mol. The zero-order valence-electron chi connectivity index (χ0n) is 11.9. The summed E-state index contributed by atoms with van der Waals surface area (Å²) in [5.74, 6) is 0.758. The average molecular weight is 317 g/mol. The van der Waals surface area contributed by atoms with Crippen molar-refractivity contribution >= 4 is 17.7 Å². The number of amides is 1. The van der Waals surface area contributed by atoms with Crippen molar-refractivity contribution in [2.75, 3.05) is 12.4 Å². The monoisotopic (exact) mass is 317 g/mol. The van der Waals surface area contributed by atoms with Crippen molar-refractivity contribution in [3.05, 3.63) is 59.9 Å². The first-order valence-corrected chi connectivity index (χ1v) is 8.10. The number of nitrogens with one attached hydrogen (secondary N) is 1. The van der Waals surface area contributed by atoms with Gasteiger partial charge in [-0.05, 0) is 30.2 Å². The van der Waals surface area contributed by atoms with Crippen LogP contribution in [0.3, 0.4) is 0 Å². The van der Waals surface area contributed by atoms with Crippen LogP contribution in [0, 0.1) is 5.82 Å². The molecule has 22 heavy (non-hydrogen) atoms. The number of carbonyl (C=O) groups excluding carboxylic acids is 1. The maximum Gasteiger partial charge on any atom is 0.258 e. The SMILES string of the molecule is O=C(COc1cccc(F)c1)N[C@H]1CCSc2ccccc21. The zero-order valence-corrected chi connectivity index (χ0v) is 12.7. The van der Waals surface area contributed by atoms with Crippen LogP contribution in [0.4, 0.5) is 4.39 Å². The minimum atomic E-state index is -0.379. The Labute approximate surface area is 132 Å². The highest BCUT2D eigenvalue weighted by Crippen LogP contribution is 2.35. The van der Waals surface area contributed by atoms with E-state index in [9.17, 15) is 9.18 Å². The molecule has 0 bridgehead atoms. The van der Waals surface area contributed by atoms with Gasteiger partial charge in [0.25, 0.3) is 5.91 Å². The molecule has 0 saturated carbocycles. The maximum atomic E-state index is 13.0. The summed E-state index contributed by atoms with van der Waals surface area (Å²) in [5.41, 5.74) is 1.15. The molecule has 1 aliphatic heterocycles. The van der Waals surface area contributed by atoms with Gasteiger partial charge in [0, 0.05) is 16.7 Å². The van der Waals surface area contributed by atoms with E-state index >= 15 is 0 Å². The largest absolute Gasteiger partial charge is 0.484 e. The van der Waals surface area contributed by atoms with Crippen LogP contribution in [0.25, 0.3) is 0 Å². The van der Waals surface area contributed by atoms with Gasteiger partial charge in [0.1, 0.15) is 11.6 Å². The van der Waals surface area contributed by atoms with E-state index in [2.05, 4.69) is 11.4 Å². The fourth-order valence-corrected chi connectivity index (χ4v) is 3.56. The van der Waals surface area contributed by atoms with Gasteiger partial charge in [-0.25, -0.2) is 4.39 Å². The van der Waals surface area contributed by atoms with Crippen LogP contribution in [0.5, 0.6) is 5.75 Å². The van der Waals surface area contributed by atoms with E-state index in [1.165, 1.54) is 17.0 Å². The standard InChI is InChI=1S/C17H16FNO2S/c18-12-4-3-5-13(10-12)21-11-17(20)19-15-8-9-22-16-7-2-1-6-14(15)16/h1-7,10,15H,8-9,11H2,(H,19,20)/t15-/m0/s1. The van der Waals surface area contributed by atoms with Crippen molar-refractivity contribution in [2.24, 2.45) is 0 Å². The van der Waals surface area contributed by atoms with Gasteiger partial charge < -0.3 is 10.1 Å². The van der Waals surface area contributed by atoms with Crippen molar-refractivity contribution in [3.8, 4) is 5.75 Å². The number of hydrogen-bond acceptors (Lipinski definition) is 3. The molecule has 1 atom stereocenters. The van der Waals surface area contributed by atoms with E-state index in [1.54, 1.807) is 12.1 Å². The van der Waals surface area contributed by atoms with Gasteiger partial charge in [-0.3, -0.25) is 4.79 Å². The van der Waals surface area contributed by atoms with Crippen molar-refractivity contribution in [1.29, 1.82) is 0 Å². The fourth-order valence-electron chi connectivity index (χ4n) is 2.43. The second kappa shape index (κ2) is 6.83. The molecule has 0 spiro atoms. The van der Waals surface area contributed by atoms with E-state index in [1.807, 2.05) is 30.0 Å². The van der Waals surface area contributed by atoms with Gasteiger partial charge in [-0.2, -0.15) is 0 Å². The minimum Gasteiger partial charge on any atom is -0.484 e. The lowest BCUT2D eigenvalue weighted by Gasteiger charge is -2.25. The Hall–Kier alpha value is -2.01. The number of halogens is 1. The molecule has 0 unspecified atom stereocenters. The molecule has 2 aromatic rings. The highest BCUT2D eigenvalue weighted by atomic mass is 32.2. The first-order valence-electron chi connectivity index (χ1n) is 7.12. The predicted molar refractivity (Wildman–Crippen MR) is 84.6 cm³/mol. The molecule has 0 fully saturated rings. The first kappa shape index (κ1) is 14.9. The summed E-state index contributed by atoms with van der Waals surface area (Å²) in [6.45, 7) is -0.116. The van der Waals surface area contributed by atoms with Gasteiger partial charge in [0.05, 0.1) is 6.04 Å². The van der Waals surface area contributed by atoms with E-state index in [4.69, 9.17) is 4.74 Å². The van der Waals surface area contributed by atoms with Crippen LogP contribution in [0.1, 0.15) is 18.0 Å². The summed E-state index contributed by atoms with van der Waals surface area (Å²) < 4.78 is 18.4. The van der Waals surface area contributed by atoms with E-state index in [0.717, 1.165) is 17.7 Å². The second-order valence-corrected chi connectivity index (χ2v) is 6.18. The van der Waals surface area contributed by atoms with Gasteiger partial charge in [0.15, 0.2) is 6.61 Å². The number of fused-ring (bicyclic) bond motifs is 1. The Bertz CT molecular complexity index is 677. The lowest BCUT2D eigenvalue weighted by Crippen LogP contribution is -2.34. The predicted octanol–water partition coefficient (Wildman–Crippen LogP) is 3.56. The van der Waals surface area contributed by atoms with E-state index in [0.29, 0.717) is 5.75 Å². The van der Waals surface area contributed by atoms with Crippen LogP contribution in [-0.2, 0) is 4.79 Å². The number of carbonyl (C=O) groups is 1. The average Bonchev–Trinajstić information content (AvgIpc) is 2.53. The molecule has 0 aromatic heterocycles. The van der Waals surface area contributed by atoms with E-state index < -0.39 is 0 Å². The third-order valence-electron chi connectivity index (χ3n) is 3.46. The Kier molecular flexibility index (Phi) is 4.63. The molecule has 1 N–H and O–H groups in total. The molecule has 114 valence electrons. The van der Waals surface area contributed by atoms with Crippen molar-refractivity contribution < 1.29 is 13.9 Å². The summed E-state index contributed by atoms with van der Waals surface area (Å²) in [4.78, 5) is 13.3.